The smallest absolute Gasteiger partial charge is 0.193 e. The molecule has 1 aliphatic heterocycles. The van der Waals surface area contributed by atoms with Crippen LogP contribution in [0.3, 0.4) is 0 Å². The summed E-state index contributed by atoms with van der Waals surface area (Å²) in [5.74, 6) is 2.16. The zero-order valence-electron chi connectivity index (χ0n) is 14.8. The van der Waals surface area contributed by atoms with E-state index in [1.54, 1.807) is 0 Å². The second-order valence-electron chi connectivity index (χ2n) is 5.88. The summed E-state index contributed by atoms with van der Waals surface area (Å²) < 4.78 is 1.91. The lowest BCUT2D eigenvalue weighted by molar-refractivity contribution is 0.408. The quantitative estimate of drug-likeness (QED) is 0.422. The first kappa shape index (κ1) is 20.1. The summed E-state index contributed by atoms with van der Waals surface area (Å²) in [7, 11) is 1.86. The number of aromatic nitrogens is 2. The number of aliphatic imine (C=N–C) groups is 1. The van der Waals surface area contributed by atoms with Gasteiger partial charge in [-0.3, -0.25) is 4.99 Å². The highest BCUT2D eigenvalue weighted by atomic mass is 127. The van der Waals surface area contributed by atoms with E-state index in [-0.39, 0.29) is 24.0 Å². The third-order valence-electron chi connectivity index (χ3n) is 4.21. The Bertz CT molecular complexity index is 673. The maximum atomic E-state index is 4.46. The van der Waals surface area contributed by atoms with E-state index >= 15 is 0 Å². The number of thioether (sulfide) groups is 1. The predicted molar refractivity (Wildman–Crippen MR) is 117 cm³/mol. The predicted octanol–water partition coefficient (Wildman–Crippen LogP) is 3.39. The second kappa shape index (κ2) is 10.1. The molecular formula is C18H26IN5S. The second-order valence-corrected chi connectivity index (χ2v) is 7.28. The average molecular weight is 471 g/mol. The van der Waals surface area contributed by atoms with Gasteiger partial charge >= 0.3 is 0 Å². The van der Waals surface area contributed by atoms with Gasteiger partial charge in [-0.25, -0.2) is 4.68 Å². The van der Waals surface area contributed by atoms with Gasteiger partial charge in [-0.05, 0) is 18.6 Å². The Hall–Kier alpha value is -1.22. The molecule has 0 radical (unpaired) electrons. The minimum Gasteiger partial charge on any atom is -0.352 e. The number of nitrogens with one attached hydrogen (secondary N) is 1. The van der Waals surface area contributed by atoms with Crippen molar-refractivity contribution in [3.63, 3.8) is 0 Å². The highest BCUT2D eigenvalue weighted by Crippen LogP contribution is 2.21. The molecule has 1 aromatic carbocycles. The molecule has 2 heterocycles. The molecule has 2 aromatic rings. The molecule has 136 valence electrons. The normalized spacial score (nSPS) is 17.9. The molecule has 25 heavy (non-hydrogen) atoms. The molecule has 5 nitrogen and oxygen atoms in total. The zero-order chi connectivity index (χ0) is 16.8. The van der Waals surface area contributed by atoms with Crippen LogP contribution in [0.5, 0.6) is 0 Å². The summed E-state index contributed by atoms with van der Waals surface area (Å²) in [6.07, 6.45) is 5.19. The van der Waals surface area contributed by atoms with Gasteiger partial charge in [-0.15, -0.1) is 24.0 Å². The van der Waals surface area contributed by atoms with E-state index in [9.17, 15) is 0 Å². The van der Waals surface area contributed by atoms with Gasteiger partial charge in [0.1, 0.15) is 0 Å². The Balaban J connectivity index is 0.00000225. The van der Waals surface area contributed by atoms with E-state index in [0.717, 1.165) is 36.8 Å². The molecule has 0 spiro atoms. The molecular weight excluding hydrogens is 445 g/mol. The monoisotopic (exact) mass is 471 g/mol. The summed E-state index contributed by atoms with van der Waals surface area (Å²) in [5, 5.41) is 8.63. The van der Waals surface area contributed by atoms with Crippen LogP contribution in [0.1, 0.15) is 18.9 Å². The maximum absolute atomic E-state index is 4.46. The maximum Gasteiger partial charge on any atom is 0.193 e. The Kier molecular flexibility index (Phi) is 8.08. The molecule has 1 unspecified atom stereocenters. The Morgan fingerprint density at radius 2 is 2.16 bits per heavy atom. The molecule has 1 aliphatic rings. The van der Waals surface area contributed by atoms with Crippen molar-refractivity contribution in [2.75, 3.05) is 25.9 Å². The Morgan fingerprint density at radius 1 is 1.36 bits per heavy atom. The fourth-order valence-corrected chi connectivity index (χ4v) is 4.03. The Labute approximate surface area is 171 Å². The van der Waals surface area contributed by atoms with E-state index < -0.39 is 0 Å². The molecule has 1 saturated heterocycles. The average Bonchev–Trinajstić information content (AvgIpc) is 3.12. The molecule has 1 fully saturated rings. The first-order chi connectivity index (χ1) is 11.8. The van der Waals surface area contributed by atoms with Crippen LogP contribution in [0, 0.1) is 0 Å². The summed E-state index contributed by atoms with van der Waals surface area (Å²) >= 11 is 2.07. The van der Waals surface area contributed by atoms with Gasteiger partial charge in [0, 0.05) is 49.4 Å². The lowest BCUT2D eigenvalue weighted by Crippen LogP contribution is -2.47. The number of halogens is 1. The Morgan fingerprint density at radius 3 is 2.88 bits per heavy atom. The lowest BCUT2D eigenvalue weighted by atomic mass is 10.3. The van der Waals surface area contributed by atoms with E-state index in [4.69, 9.17) is 0 Å². The van der Waals surface area contributed by atoms with E-state index in [1.807, 2.05) is 36.1 Å². The molecule has 0 bridgehead atoms. The van der Waals surface area contributed by atoms with Crippen LogP contribution in [0.2, 0.25) is 0 Å². The summed E-state index contributed by atoms with van der Waals surface area (Å²) in [4.78, 5) is 6.82. The van der Waals surface area contributed by atoms with Crippen LogP contribution in [0.25, 0.3) is 5.69 Å². The fraction of sp³-hybridized carbons (Fsp3) is 0.444. The van der Waals surface area contributed by atoms with Crippen LogP contribution in [0.15, 0.2) is 47.7 Å². The lowest BCUT2D eigenvalue weighted by Gasteiger charge is -2.34. The highest BCUT2D eigenvalue weighted by Gasteiger charge is 2.21. The minimum atomic E-state index is 0. The van der Waals surface area contributed by atoms with Crippen LogP contribution >= 0.6 is 35.7 Å². The van der Waals surface area contributed by atoms with Crippen molar-refractivity contribution in [3.05, 3.63) is 48.3 Å². The van der Waals surface area contributed by atoms with Crippen molar-refractivity contribution < 1.29 is 0 Å². The van der Waals surface area contributed by atoms with Gasteiger partial charge < -0.3 is 10.2 Å². The van der Waals surface area contributed by atoms with Crippen molar-refractivity contribution in [2.24, 2.45) is 4.99 Å². The molecule has 7 heteroatoms. The largest absolute Gasteiger partial charge is 0.352 e. The van der Waals surface area contributed by atoms with Crippen LogP contribution in [-0.4, -0.2) is 51.8 Å². The molecule has 0 aliphatic carbocycles. The number of guanidine groups is 1. The third-order valence-corrected chi connectivity index (χ3v) is 5.58. The fourth-order valence-electron chi connectivity index (χ4n) is 2.85. The van der Waals surface area contributed by atoms with Crippen molar-refractivity contribution in [1.82, 2.24) is 20.0 Å². The number of nitrogens with zero attached hydrogens (tertiary/aromatic N) is 4. The van der Waals surface area contributed by atoms with Gasteiger partial charge in [0.2, 0.25) is 0 Å². The highest BCUT2D eigenvalue weighted by molar-refractivity contribution is 14.0. The molecule has 1 aromatic heterocycles. The third kappa shape index (κ3) is 5.37. The summed E-state index contributed by atoms with van der Waals surface area (Å²) in [6.45, 7) is 5.13. The van der Waals surface area contributed by atoms with Crippen LogP contribution < -0.4 is 5.32 Å². The van der Waals surface area contributed by atoms with Crippen molar-refractivity contribution in [3.8, 4) is 5.69 Å². The SMILES string of the molecule is CCC1CN(C(=NC)NCc2cnn(-c3ccccc3)c2)CCS1.I. The zero-order valence-corrected chi connectivity index (χ0v) is 17.9. The van der Waals surface area contributed by atoms with Gasteiger partial charge in [-0.2, -0.15) is 16.9 Å². The summed E-state index contributed by atoms with van der Waals surface area (Å²) in [5.41, 5.74) is 2.23. The molecule has 1 N–H and O–H groups in total. The van der Waals surface area contributed by atoms with Crippen LogP contribution in [-0.2, 0) is 6.54 Å². The minimum absolute atomic E-state index is 0. The number of hydrogen-bond donors (Lipinski definition) is 1. The molecule has 1 atom stereocenters. The number of rotatable bonds is 4. The van der Waals surface area contributed by atoms with Crippen molar-refractivity contribution >= 4 is 41.7 Å². The van der Waals surface area contributed by atoms with Gasteiger partial charge in [0.15, 0.2) is 5.96 Å². The first-order valence-corrected chi connectivity index (χ1v) is 9.51. The topological polar surface area (TPSA) is 45.4 Å². The molecule has 3 rings (SSSR count). The number of para-hydroxylation sites is 1. The van der Waals surface area contributed by atoms with E-state index in [0.29, 0.717) is 5.25 Å². The molecule has 0 amide bonds. The van der Waals surface area contributed by atoms with Crippen LogP contribution in [0.4, 0.5) is 0 Å². The van der Waals surface area contributed by atoms with E-state index in [2.05, 4.69) is 57.3 Å². The number of hydrogen-bond acceptors (Lipinski definition) is 3. The van der Waals surface area contributed by atoms with Crippen molar-refractivity contribution in [2.45, 2.75) is 25.1 Å². The van der Waals surface area contributed by atoms with Gasteiger partial charge in [-0.1, -0.05) is 25.1 Å². The number of benzene rings is 1. The first-order valence-electron chi connectivity index (χ1n) is 8.46. The van der Waals surface area contributed by atoms with Crippen molar-refractivity contribution in [1.29, 1.82) is 0 Å². The summed E-state index contributed by atoms with van der Waals surface area (Å²) in [6, 6.07) is 10.2. The van der Waals surface area contributed by atoms with Gasteiger partial charge in [0.25, 0.3) is 0 Å². The standard InChI is InChI=1S/C18H25N5S.HI/c1-3-17-14-22(9-10-24-17)18(19-2)20-11-15-12-21-23(13-15)16-7-5-4-6-8-16;/h4-8,12-13,17H,3,9-11,14H2,1-2H3,(H,19,20);1H. The molecule has 0 saturated carbocycles. The van der Waals surface area contributed by atoms with Gasteiger partial charge in [0.05, 0.1) is 11.9 Å². The van der Waals surface area contributed by atoms with E-state index in [1.165, 1.54) is 12.2 Å².